The molecule has 0 radical (unpaired) electrons. The molecule has 0 N–H and O–H groups in total. The predicted octanol–water partition coefficient (Wildman–Crippen LogP) is 3.46. The zero-order valence-electron chi connectivity index (χ0n) is 11.9. The minimum absolute atomic E-state index is 0.0569. The Morgan fingerprint density at radius 2 is 1.94 bits per heavy atom. The van der Waals surface area contributed by atoms with E-state index in [0.29, 0.717) is 13.2 Å². The number of ether oxygens (including phenoxy) is 2. The van der Waals surface area contributed by atoms with Crippen molar-refractivity contribution in [3.8, 4) is 0 Å². The van der Waals surface area contributed by atoms with Gasteiger partial charge in [0.2, 0.25) is 0 Å². The molecule has 102 valence electrons. The lowest BCUT2D eigenvalue weighted by molar-refractivity contribution is 0.00882. The van der Waals surface area contributed by atoms with Gasteiger partial charge in [0.25, 0.3) is 0 Å². The normalized spacial score (nSPS) is 11.6. The van der Waals surface area contributed by atoms with Crippen LogP contribution in [0, 0.1) is 5.41 Å². The Labute approximate surface area is 110 Å². The molecule has 1 aromatic rings. The van der Waals surface area contributed by atoms with E-state index in [0.717, 1.165) is 18.6 Å². The lowest BCUT2D eigenvalue weighted by Gasteiger charge is -2.31. The van der Waals surface area contributed by atoms with Crippen LogP contribution < -0.4 is 0 Å². The highest BCUT2D eigenvalue weighted by molar-refractivity contribution is 5.06. The smallest absolute Gasteiger partial charge is 0.104 e. The van der Waals surface area contributed by atoms with Gasteiger partial charge in [0.05, 0.1) is 19.5 Å². The van der Waals surface area contributed by atoms with E-state index >= 15 is 0 Å². The Morgan fingerprint density at radius 1 is 1.28 bits per heavy atom. The summed E-state index contributed by atoms with van der Waals surface area (Å²) in [6, 6.07) is 3.92. The summed E-state index contributed by atoms with van der Waals surface area (Å²) in [5.74, 6) is 0.978. The van der Waals surface area contributed by atoms with Crippen LogP contribution in [0.15, 0.2) is 34.5 Å². The fourth-order valence-corrected chi connectivity index (χ4v) is 2.15. The van der Waals surface area contributed by atoms with Crippen LogP contribution in [0.1, 0.15) is 26.0 Å². The van der Waals surface area contributed by atoms with Crippen LogP contribution in [0.25, 0.3) is 0 Å². The minimum atomic E-state index is -0.0569. The monoisotopic (exact) mass is 252 g/mol. The van der Waals surface area contributed by atoms with Gasteiger partial charge in [-0.1, -0.05) is 11.6 Å². The first-order valence-electron chi connectivity index (χ1n) is 6.25. The molecule has 1 aromatic heterocycles. The highest BCUT2D eigenvalue weighted by atomic mass is 16.5. The van der Waals surface area contributed by atoms with Crippen molar-refractivity contribution in [3.63, 3.8) is 0 Å². The average Bonchev–Trinajstić information content (AvgIpc) is 2.80. The number of furan rings is 1. The van der Waals surface area contributed by atoms with E-state index in [4.69, 9.17) is 13.9 Å². The first kappa shape index (κ1) is 15.0. The number of rotatable bonds is 8. The van der Waals surface area contributed by atoms with Gasteiger partial charge in [-0.2, -0.15) is 0 Å². The number of hydrogen-bond donors (Lipinski definition) is 0. The molecule has 1 heterocycles. The number of hydrogen-bond acceptors (Lipinski definition) is 3. The molecular weight excluding hydrogens is 228 g/mol. The van der Waals surface area contributed by atoms with E-state index in [1.165, 1.54) is 5.57 Å². The first-order chi connectivity index (χ1) is 8.62. The van der Waals surface area contributed by atoms with Crippen molar-refractivity contribution in [2.75, 3.05) is 27.4 Å². The number of allylic oxidation sites excluding steroid dienone is 2. The first-order valence-corrected chi connectivity index (χ1v) is 6.25. The second kappa shape index (κ2) is 7.39. The molecule has 0 aliphatic heterocycles. The van der Waals surface area contributed by atoms with E-state index < -0.39 is 0 Å². The van der Waals surface area contributed by atoms with E-state index in [2.05, 4.69) is 19.9 Å². The molecule has 0 unspecified atom stereocenters. The van der Waals surface area contributed by atoms with Gasteiger partial charge in [-0.15, -0.1) is 0 Å². The molecule has 0 atom stereocenters. The van der Waals surface area contributed by atoms with Crippen LogP contribution in [0.4, 0.5) is 0 Å². The van der Waals surface area contributed by atoms with Crippen LogP contribution in [0.5, 0.6) is 0 Å². The second-order valence-electron chi connectivity index (χ2n) is 5.11. The summed E-state index contributed by atoms with van der Waals surface area (Å²) in [6.45, 7) is 5.53. The summed E-state index contributed by atoms with van der Waals surface area (Å²) in [4.78, 5) is 0. The number of methoxy groups -OCH3 is 2. The lowest BCUT2D eigenvalue weighted by atomic mass is 9.81. The Bertz CT molecular complexity index is 342. The summed E-state index contributed by atoms with van der Waals surface area (Å²) in [6.07, 6.45) is 5.70. The summed E-state index contributed by atoms with van der Waals surface area (Å²) >= 11 is 0. The van der Waals surface area contributed by atoms with Gasteiger partial charge in [0.1, 0.15) is 5.76 Å². The van der Waals surface area contributed by atoms with E-state index in [-0.39, 0.29) is 5.41 Å². The Balaban J connectivity index is 2.84. The maximum absolute atomic E-state index is 5.46. The molecular formula is C15H24O3. The standard InChI is InChI=1S/C15H24O3/c1-13(2)7-8-15(11-16-3,12-17-4)10-14-6-5-9-18-14/h5-7,9H,8,10-12H2,1-4H3. The molecule has 18 heavy (non-hydrogen) atoms. The minimum Gasteiger partial charge on any atom is -0.469 e. The van der Waals surface area contributed by atoms with Crippen LogP contribution in [0.2, 0.25) is 0 Å². The second-order valence-corrected chi connectivity index (χ2v) is 5.11. The zero-order valence-corrected chi connectivity index (χ0v) is 11.9. The molecule has 0 saturated heterocycles. The molecule has 0 aliphatic rings. The molecule has 0 aliphatic carbocycles. The molecule has 3 heteroatoms. The van der Waals surface area contributed by atoms with Crippen LogP contribution in [-0.2, 0) is 15.9 Å². The van der Waals surface area contributed by atoms with Crippen molar-refractivity contribution < 1.29 is 13.9 Å². The van der Waals surface area contributed by atoms with Crippen molar-refractivity contribution in [2.24, 2.45) is 5.41 Å². The Kier molecular flexibility index (Phi) is 6.16. The molecule has 0 spiro atoms. The van der Waals surface area contributed by atoms with E-state index in [1.807, 2.05) is 12.1 Å². The third-order valence-corrected chi connectivity index (χ3v) is 2.97. The molecule has 0 saturated carbocycles. The summed E-state index contributed by atoms with van der Waals surface area (Å²) < 4.78 is 16.2. The fourth-order valence-electron chi connectivity index (χ4n) is 2.15. The predicted molar refractivity (Wildman–Crippen MR) is 72.6 cm³/mol. The molecule has 0 aromatic carbocycles. The summed E-state index contributed by atoms with van der Waals surface area (Å²) in [5.41, 5.74) is 1.25. The molecule has 0 bridgehead atoms. The lowest BCUT2D eigenvalue weighted by Crippen LogP contribution is -2.33. The Hall–Kier alpha value is -1.06. The van der Waals surface area contributed by atoms with Crippen molar-refractivity contribution in [3.05, 3.63) is 35.8 Å². The van der Waals surface area contributed by atoms with Gasteiger partial charge < -0.3 is 13.9 Å². The van der Waals surface area contributed by atoms with Crippen molar-refractivity contribution in [1.29, 1.82) is 0 Å². The van der Waals surface area contributed by atoms with Gasteiger partial charge in [-0.3, -0.25) is 0 Å². The summed E-state index contributed by atoms with van der Waals surface area (Å²) in [5, 5.41) is 0. The van der Waals surface area contributed by atoms with Crippen LogP contribution >= 0.6 is 0 Å². The van der Waals surface area contributed by atoms with Gasteiger partial charge in [-0.25, -0.2) is 0 Å². The maximum Gasteiger partial charge on any atom is 0.104 e. The van der Waals surface area contributed by atoms with Gasteiger partial charge in [0.15, 0.2) is 0 Å². The van der Waals surface area contributed by atoms with Crippen molar-refractivity contribution in [2.45, 2.75) is 26.7 Å². The largest absolute Gasteiger partial charge is 0.469 e. The van der Waals surface area contributed by atoms with Gasteiger partial charge >= 0.3 is 0 Å². The van der Waals surface area contributed by atoms with Crippen molar-refractivity contribution in [1.82, 2.24) is 0 Å². The molecule has 0 amide bonds. The fraction of sp³-hybridized carbons (Fsp3) is 0.600. The quantitative estimate of drug-likeness (QED) is 0.664. The molecule has 3 nitrogen and oxygen atoms in total. The highest BCUT2D eigenvalue weighted by Crippen LogP contribution is 2.29. The average molecular weight is 252 g/mol. The highest BCUT2D eigenvalue weighted by Gasteiger charge is 2.30. The SMILES string of the molecule is COCC(CC=C(C)C)(COC)Cc1ccco1. The topological polar surface area (TPSA) is 31.6 Å². The van der Waals surface area contributed by atoms with E-state index in [1.54, 1.807) is 20.5 Å². The van der Waals surface area contributed by atoms with Crippen molar-refractivity contribution >= 4 is 0 Å². The molecule has 0 fully saturated rings. The Morgan fingerprint density at radius 3 is 2.39 bits per heavy atom. The van der Waals surface area contributed by atoms with Gasteiger partial charge in [-0.05, 0) is 32.4 Å². The van der Waals surface area contributed by atoms with Crippen LogP contribution in [0.3, 0.4) is 0 Å². The zero-order chi connectivity index (χ0) is 13.4. The van der Waals surface area contributed by atoms with Crippen LogP contribution in [-0.4, -0.2) is 27.4 Å². The van der Waals surface area contributed by atoms with Gasteiger partial charge in [0, 0.05) is 26.1 Å². The third kappa shape index (κ3) is 4.67. The molecule has 1 rings (SSSR count). The van der Waals surface area contributed by atoms with E-state index in [9.17, 15) is 0 Å². The third-order valence-electron chi connectivity index (χ3n) is 2.97. The summed E-state index contributed by atoms with van der Waals surface area (Å²) in [7, 11) is 3.46. The maximum atomic E-state index is 5.46.